The number of rotatable bonds is 3. The van der Waals surface area contributed by atoms with Gasteiger partial charge in [0.05, 0.1) is 10.7 Å². The molecular weight excluding hydrogens is 305 g/mol. The zero-order chi connectivity index (χ0) is 15.7. The summed E-state index contributed by atoms with van der Waals surface area (Å²) >= 11 is 1.41. The number of hydrogen-bond acceptors (Lipinski definition) is 4. The van der Waals surface area contributed by atoms with Crippen molar-refractivity contribution in [3.63, 3.8) is 0 Å². The van der Waals surface area contributed by atoms with Gasteiger partial charge in [0.15, 0.2) is 0 Å². The molecule has 1 aliphatic heterocycles. The summed E-state index contributed by atoms with van der Waals surface area (Å²) in [5.41, 5.74) is 0.0766. The van der Waals surface area contributed by atoms with Gasteiger partial charge in [0.1, 0.15) is 11.7 Å². The van der Waals surface area contributed by atoms with Crippen LogP contribution in [0.1, 0.15) is 10.9 Å². The lowest BCUT2D eigenvalue weighted by Gasteiger charge is -2.15. The molecule has 114 valence electrons. The maximum absolute atomic E-state index is 13.7. The van der Waals surface area contributed by atoms with Gasteiger partial charge in [0.25, 0.3) is 0 Å². The van der Waals surface area contributed by atoms with Crippen LogP contribution in [0.5, 0.6) is 0 Å². The van der Waals surface area contributed by atoms with Gasteiger partial charge in [-0.2, -0.15) is 0 Å². The summed E-state index contributed by atoms with van der Waals surface area (Å²) in [4.78, 5) is 30.5. The van der Waals surface area contributed by atoms with Gasteiger partial charge in [-0.25, -0.2) is 9.37 Å². The molecule has 2 heterocycles. The first kappa shape index (κ1) is 14.6. The monoisotopic (exact) mass is 319 g/mol. The Balaban J connectivity index is 1.86. The van der Waals surface area contributed by atoms with Crippen molar-refractivity contribution in [1.82, 2.24) is 9.88 Å². The van der Waals surface area contributed by atoms with E-state index < -0.39 is 17.6 Å². The van der Waals surface area contributed by atoms with Gasteiger partial charge >= 0.3 is 0 Å². The second-order valence-corrected chi connectivity index (χ2v) is 6.07. The molecule has 1 aromatic carbocycles. The number of anilines is 1. The zero-order valence-electron chi connectivity index (χ0n) is 11.8. The van der Waals surface area contributed by atoms with Crippen LogP contribution in [-0.4, -0.2) is 35.3 Å². The summed E-state index contributed by atoms with van der Waals surface area (Å²) in [7, 11) is 1.65. The molecule has 1 N–H and O–H groups in total. The third kappa shape index (κ3) is 2.59. The number of nitrogens with zero attached hydrogens (tertiary/aromatic N) is 2. The van der Waals surface area contributed by atoms with Crippen LogP contribution in [0.25, 0.3) is 0 Å². The Morgan fingerprint density at radius 2 is 2.23 bits per heavy atom. The van der Waals surface area contributed by atoms with Crippen LogP contribution < -0.4 is 5.32 Å². The van der Waals surface area contributed by atoms with Gasteiger partial charge in [0.2, 0.25) is 11.8 Å². The van der Waals surface area contributed by atoms with Gasteiger partial charge in [0, 0.05) is 31.1 Å². The second-order valence-electron chi connectivity index (χ2n) is 5.14. The Labute approximate surface area is 130 Å². The molecule has 1 aromatic heterocycles. The number of benzene rings is 1. The van der Waals surface area contributed by atoms with E-state index in [0.717, 1.165) is 5.01 Å². The maximum Gasteiger partial charge on any atom is 0.237 e. The minimum atomic E-state index is -0.879. The lowest BCUT2D eigenvalue weighted by Crippen LogP contribution is -2.32. The third-order valence-electron chi connectivity index (χ3n) is 3.70. The summed E-state index contributed by atoms with van der Waals surface area (Å²) in [6.07, 6.45) is 1.65. The number of carbonyl (C=O) groups is 2. The fourth-order valence-corrected chi connectivity index (χ4v) is 3.37. The predicted octanol–water partition coefficient (Wildman–Crippen LogP) is 2.09. The van der Waals surface area contributed by atoms with Gasteiger partial charge < -0.3 is 10.2 Å². The number of thiazole rings is 1. The first-order valence-corrected chi connectivity index (χ1v) is 7.65. The maximum atomic E-state index is 13.7. The number of likely N-dealkylation sites (N-methyl/N-ethyl adjacent to an activating group) is 1. The topological polar surface area (TPSA) is 62.3 Å². The normalized spacial score (nSPS) is 21.2. The van der Waals surface area contributed by atoms with Crippen LogP contribution in [0.15, 0.2) is 35.8 Å². The molecule has 0 radical (unpaired) electrons. The predicted molar refractivity (Wildman–Crippen MR) is 81.0 cm³/mol. The average molecular weight is 319 g/mol. The molecule has 5 nitrogen and oxygen atoms in total. The molecule has 0 saturated carbocycles. The fourth-order valence-electron chi connectivity index (χ4n) is 2.61. The van der Waals surface area contributed by atoms with Crippen molar-refractivity contribution >= 4 is 28.8 Å². The molecule has 0 bridgehead atoms. The quantitative estimate of drug-likeness (QED) is 0.881. The second kappa shape index (κ2) is 5.84. The molecule has 1 aliphatic rings. The van der Waals surface area contributed by atoms with E-state index in [9.17, 15) is 14.0 Å². The molecule has 22 heavy (non-hydrogen) atoms. The smallest absolute Gasteiger partial charge is 0.237 e. The number of halogens is 1. The Bertz CT molecular complexity index is 705. The van der Waals surface area contributed by atoms with Crippen LogP contribution in [0.3, 0.4) is 0 Å². The van der Waals surface area contributed by atoms with Gasteiger partial charge in [-0.05, 0) is 12.1 Å². The van der Waals surface area contributed by atoms with Crippen LogP contribution in [0.2, 0.25) is 0 Å². The Morgan fingerprint density at radius 3 is 2.91 bits per heavy atom. The Hall–Kier alpha value is -2.28. The average Bonchev–Trinajstić information content (AvgIpc) is 3.11. The summed E-state index contributed by atoms with van der Waals surface area (Å²) < 4.78 is 13.7. The highest BCUT2D eigenvalue weighted by Gasteiger charge is 2.45. The number of nitrogens with one attached hydrogen (secondary N) is 1. The summed E-state index contributed by atoms with van der Waals surface area (Å²) in [5, 5.41) is 5.06. The van der Waals surface area contributed by atoms with Crippen molar-refractivity contribution in [3.05, 3.63) is 46.7 Å². The molecular formula is C15H14FN3O2S. The van der Waals surface area contributed by atoms with Crippen molar-refractivity contribution in [1.29, 1.82) is 0 Å². The molecule has 1 fully saturated rings. The Kier molecular flexibility index (Phi) is 3.89. The molecule has 3 rings (SSSR count). The SMILES string of the molecule is CN1C[C@H](c2nccs2)[C@@H](C(=O)Nc2ccccc2F)C1=O. The number of carbonyl (C=O) groups excluding carboxylic acids is 2. The van der Waals surface area contributed by atoms with E-state index in [-0.39, 0.29) is 17.5 Å². The summed E-state index contributed by atoms with van der Waals surface area (Å²) in [6.45, 7) is 0.432. The molecule has 0 spiro atoms. The molecule has 2 amide bonds. The molecule has 0 unspecified atom stereocenters. The fraction of sp³-hybridized carbons (Fsp3) is 0.267. The molecule has 0 aliphatic carbocycles. The van der Waals surface area contributed by atoms with Crippen LogP contribution >= 0.6 is 11.3 Å². The van der Waals surface area contributed by atoms with E-state index in [1.54, 1.807) is 19.3 Å². The van der Waals surface area contributed by atoms with E-state index >= 15 is 0 Å². The highest BCUT2D eigenvalue weighted by Crippen LogP contribution is 2.34. The number of amides is 2. The Morgan fingerprint density at radius 1 is 1.45 bits per heavy atom. The van der Waals surface area contributed by atoms with Crippen molar-refractivity contribution in [2.24, 2.45) is 5.92 Å². The molecule has 1 saturated heterocycles. The van der Waals surface area contributed by atoms with Gasteiger partial charge in [-0.1, -0.05) is 12.1 Å². The number of para-hydroxylation sites is 1. The van der Waals surface area contributed by atoms with Crippen molar-refractivity contribution in [2.45, 2.75) is 5.92 Å². The standard InChI is InChI=1S/C15H14FN3O2S/c1-19-8-9(14-17-6-7-22-14)12(15(19)21)13(20)18-11-5-3-2-4-10(11)16/h2-7,9,12H,8H2,1H3,(H,18,20)/t9-,12-/m0/s1. The lowest BCUT2D eigenvalue weighted by molar-refractivity contribution is -0.135. The van der Waals surface area contributed by atoms with Crippen molar-refractivity contribution in [3.8, 4) is 0 Å². The minimum absolute atomic E-state index is 0.0766. The van der Waals surface area contributed by atoms with E-state index in [1.165, 1.54) is 34.4 Å². The van der Waals surface area contributed by atoms with Gasteiger partial charge in [-0.15, -0.1) is 11.3 Å². The lowest BCUT2D eigenvalue weighted by atomic mass is 9.95. The van der Waals surface area contributed by atoms with E-state index in [0.29, 0.717) is 6.54 Å². The van der Waals surface area contributed by atoms with E-state index in [2.05, 4.69) is 10.3 Å². The van der Waals surface area contributed by atoms with Crippen LogP contribution in [0, 0.1) is 11.7 Å². The van der Waals surface area contributed by atoms with Crippen molar-refractivity contribution < 1.29 is 14.0 Å². The number of likely N-dealkylation sites (tertiary alicyclic amines) is 1. The van der Waals surface area contributed by atoms with E-state index in [1.807, 2.05) is 5.38 Å². The number of hydrogen-bond donors (Lipinski definition) is 1. The summed E-state index contributed by atoms with van der Waals surface area (Å²) in [5.74, 6) is -2.48. The van der Waals surface area contributed by atoms with Crippen LogP contribution in [-0.2, 0) is 9.59 Å². The van der Waals surface area contributed by atoms with Crippen LogP contribution in [0.4, 0.5) is 10.1 Å². The minimum Gasteiger partial charge on any atom is -0.344 e. The summed E-state index contributed by atoms with van der Waals surface area (Å²) in [6, 6.07) is 5.89. The first-order chi connectivity index (χ1) is 10.6. The first-order valence-electron chi connectivity index (χ1n) is 6.77. The zero-order valence-corrected chi connectivity index (χ0v) is 12.6. The van der Waals surface area contributed by atoms with Crippen molar-refractivity contribution in [2.75, 3.05) is 18.9 Å². The molecule has 2 atom stereocenters. The highest BCUT2D eigenvalue weighted by atomic mass is 32.1. The van der Waals surface area contributed by atoms with E-state index in [4.69, 9.17) is 0 Å². The number of aromatic nitrogens is 1. The molecule has 2 aromatic rings. The molecule has 7 heteroatoms. The third-order valence-corrected chi connectivity index (χ3v) is 4.61. The largest absolute Gasteiger partial charge is 0.344 e. The highest BCUT2D eigenvalue weighted by molar-refractivity contribution is 7.09. The van der Waals surface area contributed by atoms with Gasteiger partial charge in [-0.3, -0.25) is 9.59 Å².